The van der Waals surface area contributed by atoms with E-state index in [9.17, 15) is 0 Å². The van der Waals surface area contributed by atoms with Gasteiger partial charge in [0.15, 0.2) is 0 Å². The molecule has 1 aromatic heterocycles. The summed E-state index contributed by atoms with van der Waals surface area (Å²) in [6.45, 7) is 1.73. The van der Waals surface area contributed by atoms with Gasteiger partial charge < -0.3 is 10.5 Å². The first-order chi connectivity index (χ1) is 7.84. The molecular formula is C12H18N2OS. The van der Waals surface area contributed by atoms with E-state index in [0.717, 1.165) is 37.5 Å². The minimum absolute atomic E-state index is 0.138. The minimum atomic E-state index is 0.138. The number of hydrogen-bond donors (Lipinski definition) is 1. The lowest BCUT2D eigenvalue weighted by Crippen LogP contribution is -2.27. The summed E-state index contributed by atoms with van der Waals surface area (Å²) in [4.78, 5) is 6.20. The first-order valence-corrected chi connectivity index (χ1v) is 6.98. The van der Waals surface area contributed by atoms with Crippen molar-refractivity contribution < 1.29 is 4.74 Å². The molecule has 0 radical (unpaired) electrons. The normalized spacial score (nSPS) is 23.3. The summed E-state index contributed by atoms with van der Waals surface area (Å²) in [5.74, 6) is 0.569. The van der Waals surface area contributed by atoms with Gasteiger partial charge in [-0.3, -0.25) is 0 Å². The Morgan fingerprint density at radius 2 is 2.12 bits per heavy atom. The Bertz CT molecular complexity index is 350. The molecule has 16 heavy (non-hydrogen) atoms. The summed E-state index contributed by atoms with van der Waals surface area (Å²) in [6.07, 6.45) is 5.83. The summed E-state index contributed by atoms with van der Waals surface area (Å²) in [5, 5.41) is 1.16. The molecule has 2 aliphatic rings. The second kappa shape index (κ2) is 4.43. The molecule has 2 N–H and O–H groups in total. The molecule has 4 heteroatoms. The van der Waals surface area contributed by atoms with Crippen molar-refractivity contribution in [1.29, 1.82) is 0 Å². The highest BCUT2D eigenvalue weighted by Crippen LogP contribution is 2.34. The van der Waals surface area contributed by atoms with E-state index < -0.39 is 0 Å². The maximum atomic E-state index is 6.32. The van der Waals surface area contributed by atoms with Crippen molar-refractivity contribution >= 4 is 11.3 Å². The molecular weight excluding hydrogens is 220 g/mol. The highest BCUT2D eigenvalue weighted by atomic mass is 32.1. The maximum Gasteiger partial charge on any atom is 0.110 e. The highest BCUT2D eigenvalue weighted by molar-refractivity contribution is 7.11. The predicted octanol–water partition coefficient (Wildman–Crippen LogP) is 2.06. The number of rotatable bonds is 2. The lowest BCUT2D eigenvalue weighted by molar-refractivity contribution is 0.0583. The Hall–Kier alpha value is -0.450. The molecule has 2 heterocycles. The summed E-state index contributed by atoms with van der Waals surface area (Å²) < 4.78 is 5.37. The van der Waals surface area contributed by atoms with Gasteiger partial charge in [0.25, 0.3) is 0 Å². The Balaban J connectivity index is 1.75. The van der Waals surface area contributed by atoms with Crippen LogP contribution in [0, 0.1) is 5.92 Å². The largest absolute Gasteiger partial charge is 0.381 e. The molecule has 1 saturated heterocycles. The fourth-order valence-corrected chi connectivity index (χ4v) is 3.88. The van der Waals surface area contributed by atoms with Crippen molar-refractivity contribution in [3.8, 4) is 0 Å². The number of hydrogen-bond acceptors (Lipinski definition) is 4. The Morgan fingerprint density at radius 3 is 2.88 bits per heavy atom. The molecule has 1 aliphatic heterocycles. The van der Waals surface area contributed by atoms with E-state index in [1.54, 1.807) is 0 Å². The van der Waals surface area contributed by atoms with Crippen molar-refractivity contribution in [2.45, 2.75) is 38.1 Å². The van der Waals surface area contributed by atoms with Crippen LogP contribution in [0.15, 0.2) is 0 Å². The van der Waals surface area contributed by atoms with Gasteiger partial charge in [-0.25, -0.2) is 4.98 Å². The molecule has 1 aromatic rings. The average Bonchev–Trinajstić information content (AvgIpc) is 2.89. The second-order valence-electron chi connectivity index (χ2n) is 4.75. The molecule has 1 atom stereocenters. The maximum absolute atomic E-state index is 6.32. The number of nitrogens with two attached hydrogens (primary N) is 1. The third-order valence-corrected chi connectivity index (χ3v) is 4.93. The van der Waals surface area contributed by atoms with Crippen LogP contribution in [0.25, 0.3) is 0 Å². The van der Waals surface area contributed by atoms with Crippen molar-refractivity contribution in [3.63, 3.8) is 0 Å². The molecule has 1 aliphatic carbocycles. The van der Waals surface area contributed by atoms with Gasteiger partial charge in [-0.1, -0.05) is 0 Å². The van der Waals surface area contributed by atoms with Gasteiger partial charge in [0.2, 0.25) is 0 Å². The van der Waals surface area contributed by atoms with Gasteiger partial charge in [0.1, 0.15) is 5.01 Å². The van der Waals surface area contributed by atoms with E-state index in [1.165, 1.54) is 23.4 Å². The van der Waals surface area contributed by atoms with E-state index in [2.05, 4.69) is 0 Å². The number of nitrogens with zero attached hydrogens (tertiary/aromatic N) is 1. The van der Waals surface area contributed by atoms with Crippen molar-refractivity contribution in [1.82, 2.24) is 4.98 Å². The summed E-state index contributed by atoms with van der Waals surface area (Å²) in [7, 11) is 0. The number of aryl methyl sites for hydroxylation is 2. The Morgan fingerprint density at radius 1 is 1.31 bits per heavy atom. The van der Waals surface area contributed by atoms with Crippen LogP contribution in [-0.4, -0.2) is 18.2 Å². The molecule has 0 saturated carbocycles. The first kappa shape index (κ1) is 10.7. The SMILES string of the molecule is NC(c1nc2c(s1)CCC2)C1CCOCC1. The number of aromatic nitrogens is 1. The third-order valence-electron chi connectivity index (χ3n) is 3.67. The first-order valence-electron chi connectivity index (χ1n) is 6.16. The van der Waals surface area contributed by atoms with Crippen molar-refractivity contribution in [2.75, 3.05) is 13.2 Å². The fraction of sp³-hybridized carbons (Fsp3) is 0.750. The van der Waals surface area contributed by atoms with Crippen LogP contribution in [0.3, 0.4) is 0 Å². The quantitative estimate of drug-likeness (QED) is 0.858. The second-order valence-corrected chi connectivity index (χ2v) is 5.87. The van der Waals surface area contributed by atoms with Gasteiger partial charge in [0, 0.05) is 18.1 Å². The van der Waals surface area contributed by atoms with Crippen molar-refractivity contribution in [3.05, 3.63) is 15.6 Å². The predicted molar refractivity (Wildman–Crippen MR) is 64.6 cm³/mol. The highest BCUT2D eigenvalue weighted by Gasteiger charge is 2.26. The van der Waals surface area contributed by atoms with Crippen LogP contribution < -0.4 is 5.73 Å². The molecule has 0 amide bonds. The van der Waals surface area contributed by atoms with E-state index in [-0.39, 0.29) is 6.04 Å². The zero-order chi connectivity index (χ0) is 11.0. The summed E-state index contributed by atoms with van der Waals surface area (Å²) in [5.41, 5.74) is 7.64. The average molecular weight is 238 g/mol. The zero-order valence-electron chi connectivity index (χ0n) is 9.45. The number of fused-ring (bicyclic) bond motifs is 1. The van der Waals surface area contributed by atoms with Crippen LogP contribution in [0.1, 0.15) is 40.9 Å². The summed E-state index contributed by atoms with van der Waals surface area (Å²) >= 11 is 1.85. The molecule has 3 nitrogen and oxygen atoms in total. The molecule has 0 aromatic carbocycles. The van der Waals surface area contributed by atoms with Gasteiger partial charge in [0.05, 0.1) is 11.7 Å². The minimum Gasteiger partial charge on any atom is -0.381 e. The third kappa shape index (κ3) is 1.90. The van der Waals surface area contributed by atoms with Gasteiger partial charge >= 0.3 is 0 Å². The van der Waals surface area contributed by atoms with E-state index in [0.29, 0.717) is 5.92 Å². The van der Waals surface area contributed by atoms with E-state index >= 15 is 0 Å². The molecule has 3 rings (SSSR count). The van der Waals surface area contributed by atoms with Crippen molar-refractivity contribution in [2.24, 2.45) is 11.7 Å². The standard InChI is InChI=1S/C12H18N2OS/c13-11(8-4-6-15-7-5-8)12-14-9-2-1-3-10(9)16-12/h8,11H,1-7,13H2. The molecule has 88 valence electrons. The van der Waals surface area contributed by atoms with E-state index in [1.807, 2.05) is 11.3 Å². The van der Waals surface area contributed by atoms with Gasteiger partial charge in [-0.15, -0.1) is 11.3 Å². The monoisotopic (exact) mass is 238 g/mol. The number of thiazole rings is 1. The topological polar surface area (TPSA) is 48.1 Å². The van der Waals surface area contributed by atoms with Gasteiger partial charge in [-0.05, 0) is 38.0 Å². The smallest absolute Gasteiger partial charge is 0.110 e. The van der Waals surface area contributed by atoms with Crippen LogP contribution in [0.5, 0.6) is 0 Å². The van der Waals surface area contributed by atoms with Gasteiger partial charge in [-0.2, -0.15) is 0 Å². The van der Waals surface area contributed by atoms with Crippen LogP contribution in [0.2, 0.25) is 0 Å². The molecule has 1 unspecified atom stereocenters. The molecule has 0 bridgehead atoms. The lowest BCUT2D eigenvalue weighted by Gasteiger charge is -2.26. The zero-order valence-corrected chi connectivity index (χ0v) is 10.3. The van der Waals surface area contributed by atoms with Crippen LogP contribution in [0.4, 0.5) is 0 Å². The fourth-order valence-electron chi connectivity index (χ4n) is 2.63. The molecule has 1 fully saturated rings. The molecule has 0 spiro atoms. The lowest BCUT2D eigenvalue weighted by atomic mass is 9.93. The Labute approximate surface area is 100 Å². The Kier molecular flexibility index (Phi) is 2.96. The van der Waals surface area contributed by atoms with Crippen LogP contribution >= 0.6 is 11.3 Å². The van der Waals surface area contributed by atoms with Crippen LogP contribution in [-0.2, 0) is 17.6 Å². The summed E-state index contributed by atoms with van der Waals surface area (Å²) in [6, 6.07) is 0.138. The number of ether oxygens (including phenoxy) is 1. The van der Waals surface area contributed by atoms with E-state index in [4.69, 9.17) is 15.5 Å².